The van der Waals surface area contributed by atoms with Gasteiger partial charge in [-0.05, 0) is 12.8 Å². The highest BCUT2D eigenvalue weighted by Crippen LogP contribution is 2.14. The fourth-order valence-corrected chi connectivity index (χ4v) is 4.93. The minimum atomic E-state index is -0.127. The van der Waals surface area contributed by atoms with Crippen LogP contribution in [0.2, 0.25) is 0 Å². The van der Waals surface area contributed by atoms with Crippen LogP contribution in [0, 0.1) is 0 Å². The summed E-state index contributed by atoms with van der Waals surface area (Å²) in [6, 6.07) is 0. The topological polar surface area (TPSA) is 55.4 Å². The van der Waals surface area contributed by atoms with Crippen molar-refractivity contribution in [1.82, 2.24) is 5.32 Å². The maximum absolute atomic E-state index is 11.9. The average molecular weight is 524 g/mol. The van der Waals surface area contributed by atoms with Crippen LogP contribution in [0.5, 0.6) is 0 Å². The number of unbranched alkanes of at least 4 members (excludes halogenated alkanes) is 23. The van der Waals surface area contributed by atoms with Crippen molar-refractivity contribution in [2.24, 2.45) is 0 Å². The fourth-order valence-electron chi connectivity index (χ4n) is 4.93. The Bertz CT molecular complexity index is 480. The second kappa shape index (κ2) is 31.2. The Morgan fingerprint density at radius 3 is 1.16 bits per heavy atom. The Labute approximate surface area is 231 Å². The lowest BCUT2D eigenvalue weighted by Crippen LogP contribution is -2.27. The minimum absolute atomic E-state index is 0.0834. The van der Waals surface area contributed by atoms with Gasteiger partial charge in [0, 0.05) is 12.8 Å². The predicted molar refractivity (Wildman–Crippen MR) is 160 cm³/mol. The molecular formula is C33H65NO3. The normalized spacial score (nSPS) is 11.1. The molecule has 0 radical (unpaired) electrons. The molecule has 0 fully saturated rings. The van der Waals surface area contributed by atoms with Gasteiger partial charge in [0.25, 0.3) is 0 Å². The van der Waals surface area contributed by atoms with Crippen molar-refractivity contribution in [3.63, 3.8) is 0 Å². The molecule has 0 rings (SSSR count). The second-order valence-corrected chi connectivity index (χ2v) is 11.2. The third-order valence-corrected chi connectivity index (χ3v) is 7.43. The van der Waals surface area contributed by atoms with E-state index in [2.05, 4.69) is 19.2 Å². The number of ether oxygens (including phenoxy) is 1. The largest absolute Gasteiger partial charge is 0.464 e. The number of amides is 1. The van der Waals surface area contributed by atoms with E-state index in [0.29, 0.717) is 26.0 Å². The molecule has 0 saturated carbocycles. The van der Waals surface area contributed by atoms with Crippen molar-refractivity contribution in [2.45, 2.75) is 187 Å². The number of carbonyl (C=O) groups excluding carboxylic acids is 2. The molecule has 0 bridgehead atoms. The zero-order valence-corrected chi connectivity index (χ0v) is 25.2. The van der Waals surface area contributed by atoms with Gasteiger partial charge in [0.15, 0.2) is 0 Å². The zero-order chi connectivity index (χ0) is 27.1. The van der Waals surface area contributed by atoms with Crippen molar-refractivity contribution in [1.29, 1.82) is 0 Å². The van der Waals surface area contributed by atoms with Gasteiger partial charge < -0.3 is 10.1 Å². The van der Waals surface area contributed by atoms with Crippen LogP contribution < -0.4 is 5.32 Å². The number of carbonyl (C=O) groups is 2. The first-order valence-electron chi connectivity index (χ1n) is 16.6. The summed E-state index contributed by atoms with van der Waals surface area (Å²) >= 11 is 0. The van der Waals surface area contributed by atoms with Crippen LogP contribution in [-0.2, 0) is 14.3 Å². The van der Waals surface area contributed by atoms with Gasteiger partial charge in [-0.25, -0.2) is 0 Å². The Kier molecular flexibility index (Phi) is 30.3. The Balaban J connectivity index is 3.27. The van der Waals surface area contributed by atoms with Gasteiger partial charge in [-0.3, -0.25) is 9.59 Å². The van der Waals surface area contributed by atoms with E-state index in [4.69, 9.17) is 4.74 Å². The first kappa shape index (κ1) is 35.9. The SMILES string of the molecule is CCCCCCCCCCCCCCCC(=O)NCCOC(=O)CCCCCCCCCCCCCC. The molecule has 0 aliphatic heterocycles. The van der Waals surface area contributed by atoms with Crippen LogP contribution in [0.4, 0.5) is 0 Å². The third-order valence-electron chi connectivity index (χ3n) is 7.43. The van der Waals surface area contributed by atoms with Crippen molar-refractivity contribution in [3.8, 4) is 0 Å². The lowest BCUT2D eigenvalue weighted by Gasteiger charge is -2.07. The lowest BCUT2D eigenvalue weighted by atomic mass is 10.0. The van der Waals surface area contributed by atoms with Crippen LogP contribution in [0.1, 0.15) is 187 Å². The molecule has 0 spiro atoms. The van der Waals surface area contributed by atoms with Gasteiger partial charge in [0.2, 0.25) is 5.91 Å². The van der Waals surface area contributed by atoms with Gasteiger partial charge >= 0.3 is 5.97 Å². The molecule has 4 heteroatoms. The fraction of sp³-hybridized carbons (Fsp3) is 0.939. The molecular weight excluding hydrogens is 458 g/mol. The Morgan fingerprint density at radius 2 is 0.784 bits per heavy atom. The molecule has 0 saturated heterocycles. The summed E-state index contributed by atoms with van der Waals surface area (Å²) in [7, 11) is 0. The summed E-state index contributed by atoms with van der Waals surface area (Å²) in [4.78, 5) is 23.8. The molecule has 0 unspecified atom stereocenters. The van der Waals surface area contributed by atoms with Crippen LogP contribution in [0.15, 0.2) is 0 Å². The van der Waals surface area contributed by atoms with Crippen molar-refractivity contribution < 1.29 is 14.3 Å². The van der Waals surface area contributed by atoms with E-state index in [1.54, 1.807) is 0 Å². The first-order valence-corrected chi connectivity index (χ1v) is 16.6. The van der Waals surface area contributed by atoms with Crippen LogP contribution >= 0.6 is 0 Å². The minimum Gasteiger partial charge on any atom is -0.464 e. The van der Waals surface area contributed by atoms with Gasteiger partial charge in [-0.1, -0.05) is 162 Å². The Morgan fingerprint density at radius 1 is 0.459 bits per heavy atom. The van der Waals surface area contributed by atoms with E-state index in [0.717, 1.165) is 25.7 Å². The molecule has 0 aliphatic carbocycles. The van der Waals surface area contributed by atoms with Crippen LogP contribution in [-0.4, -0.2) is 25.0 Å². The number of hydrogen-bond acceptors (Lipinski definition) is 3. The number of hydrogen-bond donors (Lipinski definition) is 1. The second-order valence-electron chi connectivity index (χ2n) is 11.2. The van der Waals surface area contributed by atoms with E-state index in [9.17, 15) is 9.59 Å². The summed E-state index contributed by atoms with van der Waals surface area (Å²) in [5.41, 5.74) is 0. The van der Waals surface area contributed by atoms with E-state index < -0.39 is 0 Å². The smallest absolute Gasteiger partial charge is 0.305 e. The summed E-state index contributed by atoms with van der Waals surface area (Å²) in [5.74, 6) is -0.0436. The molecule has 220 valence electrons. The van der Waals surface area contributed by atoms with Crippen molar-refractivity contribution >= 4 is 11.9 Å². The lowest BCUT2D eigenvalue weighted by molar-refractivity contribution is -0.144. The van der Waals surface area contributed by atoms with Crippen molar-refractivity contribution in [3.05, 3.63) is 0 Å². The summed E-state index contributed by atoms with van der Waals surface area (Å²) < 4.78 is 5.26. The van der Waals surface area contributed by atoms with Gasteiger partial charge in [0.1, 0.15) is 6.61 Å². The molecule has 1 amide bonds. The predicted octanol–water partition coefficient (Wildman–Crippen LogP) is 10.2. The highest BCUT2D eigenvalue weighted by Gasteiger charge is 2.04. The standard InChI is InChI=1S/C33H65NO3/c1-3-5-7-9-11-13-15-17-18-20-22-24-26-28-32(35)34-30-31-37-33(36)29-27-25-23-21-19-16-14-12-10-8-6-4-2/h3-31H2,1-2H3,(H,34,35). The molecule has 0 aromatic carbocycles. The first-order chi connectivity index (χ1) is 18.2. The maximum Gasteiger partial charge on any atom is 0.305 e. The van der Waals surface area contributed by atoms with Gasteiger partial charge in [-0.15, -0.1) is 0 Å². The molecule has 0 aromatic rings. The number of rotatable bonds is 30. The molecule has 0 aliphatic rings. The van der Waals surface area contributed by atoms with E-state index in [1.807, 2.05) is 0 Å². The molecule has 0 atom stereocenters. The van der Waals surface area contributed by atoms with Gasteiger partial charge in [0.05, 0.1) is 6.54 Å². The monoisotopic (exact) mass is 523 g/mol. The van der Waals surface area contributed by atoms with Crippen LogP contribution in [0.3, 0.4) is 0 Å². The van der Waals surface area contributed by atoms with Crippen LogP contribution in [0.25, 0.3) is 0 Å². The molecule has 4 nitrogen and oxygen atoms in total. The molecule has 0 heterocycles. The Hall–Kier alpha value is -1.06. The highest BCUT2D eigenvalue weighted by atomic mass is 16.5. The molecule has 0 aromatic heterocycles. The van der Waals surface area contributed by atoms with Crippen molar-refractivity contribution in [2.75, 3.05) is 13.2 Å². The number of esters is 1. The molecule has 1 N–H and O–H groups in total. The quantitative estimate of drug-likeness (QED) is 0.0752. The highest BCUT2D eigenvalue weighted by molar-refractivity contribution is 5.75. The van der Waals surface area contributed by atoms with E-state index in [-0.39, 0.29) is 11.9 Å². The van der Waals surface area contributed by atoms with Gasteiger partial charge in [-0.2, -0.15) is 0 Å². The summed E-state index contributed by atoms with van der Waals surface area (Å²) in [6.07, 6.45) is 33.7. The third kappa shape index (κ3) is 31.1. The summed E-state index contributed by atoms with van der Waals surface area (Å²) in [6.45, 7) is 5.26. The average Bonchev–Trinajstić information content (AvgIpc) is 2.90. The maximum atomic E-state index is 11.9. The van der Waals surface area contributed by atoms with E-state index >= 15 is 0 Å². The van der Waals surface area contributed by atoms with E-state index in [1.165, 1.54) is 135 Å². The molecule has 37 heavy (non-hydrogen) atoms. The summed E-state index contributed by atoms with van der Waals surface area (Å²) in [5, 5.41) is 2.88. The number of nitrogens with one attached hydrogen (secondary N) is 1. The zero-order valence-electron chi connectivity index (χ0n) is 25.2.